The molecule has 1 aromatic rings. The van der Waals surface area contributed by atoms with Crippen molar-refractivity contribution in [1.82, 2.24) is 5.32 Å². The van der Waals surface area contributed by atoms with Crippen LogP contribution in [0.25, 0.3) is 0 Å². The van der Waals surface area contributed by atoms with Crippen LogP contribution in [0.1, 0.15) is 21.5 Å². The average molecular weight is 301 g/mol. The molecule has 2 N–H and O–H groups in total. The molecule has 1 aliphatic rings. The van der Waals surface area contributed by atoms with Gasteiger partial charge in [0.2, 0.25) is 0 Å². The highest BCUT2D eigenvalue weighted by atomic mass is 35.5. The molecular weight excluding hydrogens is 291 g/mol. The number of benzene rings is 1. The lowest BCUT2D eigenvalue weighted by Gasteiger charge is -2.20. The molecule has 0 fully saturated rings. The van der Waals surface area contributed by atoms with Gasteiger partial charge in [-0.1, -0.05) is 23.2 Å². The summed E-state index contributed by atoms with van der Waals surface area (Å²) in [5, 5.41) is 10.7. The number of amides is 1. The zero-order valence-corrected chi connectivity index (χ0v) is 11.5. The second kappa shape index (κ2) is 5.19. The van der Waals surface area contributed by atoms with E-state index >= 15 is 0 Å². The van der Waals surface area contributed by atoms with Crippen molar-refractivity contribution in [2.24, 2.45) is 0 Å². The highest BCUT2D eigenvalue weighted by Crippen LogP contribution is 2.33. The quantitative estimate of drug-likeness (QED) is 0.646. The Morgan fingerprint density at radius 2 is 2.16 bits per heavy atom. The van der Waals surface area contributed by atoms with E-state index in [9.17, 15) is 9.59 Å². The average Bonchev–Trinajstić information content (AvgIpc) is 2.41. The number of halogens is 2. The summed E-state index contributed by atoms with van der Waals surface area (Å²) < 4.78 is 4.47. The molecule has 0 aliphatic carbocycles. The maximum atomic E-state index is 11.8. The number of carbonyl (C=O) groups excluding carboxylic acids is 2. The number of hydrogen-bond acceptors (Lipinski definition) is 4. The van der Waals surface area contributed by atoms with Crippen molar-refractivity contribution >= 4 is 40.8 Å². The van der Waals surface area contributed by atoms with Gasteiger partial charge in [-0.25, -0.2) is 4.79 Å². The first-order valence-corrected chi connectivity index (χ1v) is 6.19. The fourth-order valence-corrected chi connectivity index (χ4v) is 2.58. The second-order valence-corrected chi connectivity index (χ2v) is 4.73. The standard InChI is InChI=1S/C12H10Cl2N2O3/c1-19-12(18)10(15)6-4-7(13)5-2-3-16-11(17)8(5)9(6)14/h4,15H,2-3H2,1H3,(H,16,17). The van der Waals surface area contributed by atoms with Crippen LogP contribution in [0.4, 0.5) is 0 Å². The predicted octanol–water partition coefficient (Wildman–Crippen LogP) is 1.82. The lowest BCUT2D eigenvalue weighted by Crippen LogP contribution is -2.33. The third kappa shape index (κ3) is 2.31. The van der Waals surface area contributed by atoms with E-state index in [1.54, 1.807) is 0 Å². The van der Waals surface area contributed by atoms with Gasteiger partial charge in [0.1, 0.15) is 5.71 Å². The van der Waals surface area contributed by atoms with Gasteiger partial charge in [0.15, 0.2) is 0 Å². The summed E-state index contributed by atoms with van der Waals surface area (Å²) in [6.07, 6.45) is 0.561. The number of carbonyl (C=O) groups is 2. The molecule has 0 saturated heterocycles. The van der Waals surface area contributed by atoms with Gasteiger partial charge >= 0.3 is 5.97 Å². The minimum atomic E-state index is -0.839. The van der Waals surface area contributed by atoms with Crippen molar-refractivity contribution in [3.63, 3.8) is 0 Å². The van der Waals surface area contributed by atoms with Gasteiger partial charge in [-0.15, -0.1) is 0 Å². The minimum Gasteiger partial charge on any atom is -0.464 e. The van der Waals surface area contributed by atoms with E-state index in [1.165, 1.54) is 6.07 Å². The number of methoxy groups -OCH3 is 1. The largest absolute Gasteiger partial charge is 0.464 e. The number of rotatable bonds is 2. The summed E-state index contributed by atoms with van der Waals surface area (Å²) in [7, 11) is 1.16. The molecule has 0 atom stereocenters. The summed E-state index contributed by atoms with van der Waals surface area (Å²) in [5.41, 5.74) is 0.519. The van der Waals surface area contributed by atoms with E-state index in [4.69, 9.17) is 28.6 Å². The third-order valence-corrected chi connectivity index (χ3v) is 3.59. The summed E-state index contributed by atoms with van der Waals surface area (Å²) in [5.74, 6) is -1.19. The van der Waals surface area contributed by atoms with Gasteiger partial charge in [0, 0.05) is 17.1 Å². The molecule has 0 bridgehead atoms. The van der Waals surface area contributed by atoms with Crippen molar-refractivity contribution in [2.45, 2.75) is 6.42 Å². The van der Waals surface area contributed by atoms with Crippen LogP contribution in [0.5, 0.6) is 0 Å². The van der Waals surface area contributed by atoms with Crippen LogP contribution in [-0.4, -0.2) is 31.2 Å². The van der Waals surface area contributed by atoms with Crippen LogP contribution in [0.3, 0.4) is 0 Å². The molecule has 5 nitrogen and oxygen atoms in total. The van der Waals surface area contributed by atoms with E-state index in [0.717, 1.165) is 7.11 Å². The topological polar surface area (TPSA) is 79.2 Å². The minimum absolute atomic E-state index is 0.0481. The first-order valence-electron chi connectivity index (χ1n) is 5.43. The van der Waals surface area contributed by atoms with Crippen LogP contribution in [0, 0.1) is 5.41 Å². The van der Waals surface area contributed by atoms with Crippen LogP contribution in [0.2, 0.25) is 10.0 Å². The normalized spacial score (nSPS) is 13.5. The Labute approximate surface area is 119 Å². The summed E-state index contributed by atoms with van der Waals surface area (Å²) in [4.78, 5) is 23.2. The molecule has 0 unspecified atom stereocenters. The molecule has 100 valence electrons. The maximum absolute atomic E-state index is 11.8. The van der Waals surface area contributed by atoms with Crippen LogP contribution in [0.15, 0.2) is 6.07 Å². The Kier molecular flexibility index (Phi) is 3.78. The van der Waals surface area contributed by atoms with Gasteiger partial charge in [-0.3, -0.25) is 10.2 Å². The molecule has 0 spiro atoms. The van der Waals surface area contributed by atoms with Gasteiger partial charge < -0.3 is 10.1 Å². The fraction of sp³-hybridized carbons (Fsp3) is 0.250. The van der Waals surface area contributed by atoms with E-state index in [1.807, 2.05) is 0 Å². The van der Waals surface area contributed by atoms with Crippen molar-refractivity contribution in [3.05, 3.63) is 32.8 Å². The van der Waals surface area contributed by atoms with Crippen LogP contribution < -0.4 is 5.32 Å². The molecule has 1 aliphatic heterocycles. The number of ether oxygens (including phenoxy) is 1. The van der Waals surface area contributed by atoms with E-state index in [2.05, 4.69) is 10.1 Å². The molecule has 0 saturated carbocycles. The Bertz CT molecular complexity index is 599. The lowest BCUT2D eigenvalue weighted by atomic mass is 9.96. The van der Waals surface area contributed by atoms with Crippen molar-refractivity contribution in [3.8, 4) is 0 Å². The molecule has 7 heteroatoms. The number of nitrogens with one attached hydrogen (secondary N) is 2. The summed E-state index contributed by atoms with van der Waals surface area (Å²) >= 11 is 12.2. The fourth-order valence-electron chi connectivity index (χ4n) is 1.93. The highest BCUT2D eigenvalue weighted by molar-refractivity contribution is 6.48. The van der Waals surface area contributed by atoms with Gasteiger partial charge in [0.05, 0.1) is 17.7 Å². The van der Waals surface area contributed by atoms with Crippen molar-refractivity contribution in [1.29, 1.82) is 5.41 Å². The van der Waals surface area contributed by atoms with Gasteiger partial charge in [-0.2, -0.15) is 0 Å². The molecule has 2 rings (SSSR count). The molecule has 0 radical (unpaired) electrons. The molecular formula is C12H10Cl2N2O3. The Morgan fingerprint density at radius 3 is 2.79 bits per heavy atom. The van der Waals surface area contributed by atoms with Crippen LogP contribution in [-0.2, 0) is 16.0 Å². The van der Waals surface area contributed by atoms with E-state index in [-0.39, 0.29) is 22.1 Å². The zero-order valence-electron chi connectivity index (χ0n) is 9.97. The first-order chi connectivity index (χ1) is 8.97. The second-order valence-electron chi connectivity index (χ2n) is 3.95. The highest BCUT2D eigenvalue weighted by Gasteiger charge is 2.27. The van der Waals surface area contributed by atoms with Crippen LogP contribution >= 0.6 is 23.2 Å². The molecule has 1 heterocycles. The van der Waals surface area contributed by atoms with E-state index < -0.39 is 11.7 Å². The van der Waals surface area contributed by atoms with Crippen molar-refractivity contribution in [2.75, 3.05) is 13.7 Å². The zero-order chi connectivity index (χ0) is 14.2. The SMILES string of the molecule is COC(=O)C(=N)c1cc(Cl)c2c(c1Cl)C(=O)NCC2. The molecule has 1 aromatic carbocycles. The smallest absolute Gasteiger partial charge is 0.356 e. The number of esters is 1. The molecule has 1 amide bonds. The molecule has 0 aromatic heterocycles. The van der Waals surface area contributed by atoms with E-state index in [0.29, 0.717) is 23.6 Å². The first kappa shape index (κ1) is 13.8. The summed E-state index contributed by atoms with van der Waals surface area (Å²) in [6, 6.07) is 1.42. The molecule has 19 heavy (non-hydrogen) atoms. The Balaban J connectivity index is 2.63. The van der Waals surface area contributed by atoms with Crippen molar-refractivity contribution < 1.29 is 14.3 Å². The summed E-state index contributed by atoms with van der Waals surface area (Å²) in [6.45, 7) is 0.482. The van der Waals surface area contributed by atoms with Gasteiger partial charge in [0.25, 0.3) is 5.91 Å². The number of fused-ring (bicyclic) bond motifs is 1. The lowest BCUT2D eigenvalue weighted by molar-refractivity contribution is -0.132. The number of hydrogen-bond donors (Lipinski definition) is 2. The maximum Gasteiger partial charge on any atom is 0.356 e. The Morgan fingerprint density at radius 1 is 1.47 bits per heavy atom. The van der Waals surface area contributed by atoms with Gasteiger partial charge in [-0.05, 0) is 18.1 Å². The predicted molar refractivity (Wildman–Crippen MR) is 71.3 cm³/mol. The monoisotopic (exact) mass is 300 g/mol. The Hall–Kier alpha value is -1.59. The third-order valence-electron chi connectivity index (χ3n) is 2.86.